The molecule has 21 heavy (non-hydrogen) atoms. The summed E-state index contributed by atoms with van der Waals surface area (Å²) in [5, 5.41) is 3.76. The Hall–Kier alpha value is -0.930. The quantitative estimate of drug-likeness (QED) is 0.753. The number of ether oxygens (including phenoxy) is 1. The Morgan fingerprint density at radius 3 is 2.90 bits per heavy atom. The van der Waals surface area contributed by atoms with Crippen LogP contribution in [0.5, 0.6) is 0 Å². The molecule has 0 amide bonds. The van der Waals surface area contributed by atoms with Gasteiger partial charge in [0.05, 0.1) is 6.10 Å². The zero-order valence-corrected chi connectivity index (χ0v) is 13.8. The molecule has 1 aromatic heterocycles. The van der Waals surface area contributed by atoms with Gasteiger partial charge in [-0.3, -0.25) is 4.98 Å². The topological polar surface area (TPSA) is 34.1 Å². The highest BCUT2D eigenvalue weighted by Gasteiger charge is 2.35. The third kappa shape index (κ3) is 4.04. The van der Waals surface area contributed by atoms with Crippen LogP contribution in [0.15, 0.2) is 18.3 Å². The number of rotatable bonds is 9. The van der Waals surface area contributed by atoms with E-state index in [9.17, 15) is 0 Å². The van der Waals surface area contributed by atoms with E-state index in [-0.39, 0.29) is 0 Å². The molecule has 0 spiro atoms. The lowest BCUT2D eigenvalue weighted by Gasteiger charge is -2.32. The van der Waals surface area contributed by atoms with Crippen LogP contribution in [0.25, 0.3) is 0 Å². The van der Waals surface area contributed by atoms with E-state index in [1.165, 1.54) is 17.7 Å². The highest BCUT2D eigenvalue weighted by Crippen LogP contribution is 2.36. The highest BCUT2D eigenvalue weighted by atomic mass is 16.5. The van der Waals surface area contributed by atoms with E-state index >= 15 is 0 Å². The first-order valence-electron chi connectivity index (χ1n) is 8.60. The van der Waals surface area contributed by atoms with Crippen LogP contribution in [0.4, 0.5) is 0 Å². The minimum Gasteiger partial charge on any atom is -0.377 e. The summed E-state index contributed by atoms with van der Waals surface area (Å²) in [6, 6.07) is 4.68. The number of aryl methyl sites for hydroxylation is 1. The molecule has 3 unspecified atom stereocenters. The van der Waals surface area contributed by atoms with Gasteiger partial charge < -0.3 is 10.1 Å². The summed E-state index contributed by atoms with van der Waals surface area (Å²) in [7, 11) is 0. The maximum atomic E-state index is 6.08. The highest BCUT2D eigenvalue weighted by molar-refractivity contribution is 5.30. The van der Waals surface area contributed by atoms with Crippen molar-refractivity contribution in [3.8, 4) is 0 Å². The van der Waals surface area contributed by atoms with E-state index in [0.29, 0.717) is 18.1 Å². The van der Waals surface area contributed by atoms with E-state index < -0.39 is 0 Å². The summed E-state index contributed by atoms with van der Waals surface area (Å²) < 4.78 is 6.08. The Morgan fingerprint density at radius 2 is 2.19 bits per heavy atom. The summed E-state index contributed by atoms with van der Waals surface area (Å²) in [6.07, 6.45) is 8.02. The smallest absolute Gasteiger partial charge is 0.0734 e. The fraction of sp³-hybridized carbons (Fsp3) is 0.722. The fourth-order valence-electron chi connectivity index (χ4n) is 3.50. The molecule has 0 radical (unpaired) electrons. The zero-order valence-electron chi connectivity index (χ0n) is 13.8. The summed E-state index contributed by atoms with van der Waals surface area (Å²) >= 11 is 0. The molecule has 0 aromatic carbocycles. The number of pyridine rings is 1. The Bertz CT molecular complexity index is 415. The summed E-state index contributed by atoms with van der Waals surface area (Å²) in [5.41, 5.74) is 2.73. The molecule has 3 atom stereocenters. The SMILES string of the molecule is CCCNC(C(CCC)OCC)C1CCc2cccnc21. The molecule has 0 saturated carbocycles. The van der Waals surface area contributed by atoms with Crippen molar-refractivity contribution in [1.29, 1.82) is 0 Å². The van der Waals surface area contributed by atoms with E-state index in [0.717, 1.165) is 38.8 Å². The largest absolute Gasteiger partial charge is 0.377 e. The van der Waals surface area contributed by atoms with Crippen LogP contribution < -0.4 is 5.32 Å². The lowest BCUT2D eigenvalue weighted by atomic mass is 9.90. The molecule has 1 N–H and O–H groups in total. The fourth-order valence-corrected chi connectivity index (χ4v) is 3.50. The van der Waals surface area contributed by atoms with E-state index in [2.05, 4.69) is 43.2 Å². The van der Waals surface area contributed by atoms with Crippen molar-refractivity contribution in [1.82, 2.24) is 10.3 Å². The first-order valence-corrected chi connectivity index (χ1v) is 8.60. The average Bonchev–Trinajstić information content (AvgIpc) is 2.92. The van der Waals surface area contributed by atoms with Gasteiger partial charge in [0, 0.05) is 30.5 Å². The summed E-state index contributed by atoms with van der Waals surface area (Å²) in [6.45, 7) is 8.40. The number of nitrogens with zero attached hydrogens (tertiary/aromatic N) is 1. The van der Waals surface area contributed by atoms with Gasteiger partial charge in [0.25, 0.3) is 0 Å². The molecule has 0 aliphatic heterocycles. The molecular weight excluding hydrogens is 260 g/mol. The molecule has 2 rings (SSSR count). The van der Waals surface area contributed by atoms with Crippen molar-refractivity contribution >= 4 is 0 Å². The number of aromatic nitrogens is 1. The van der Waals surface area contributed by atoms with Crippen molar-refractivity contribution in [3.63, 3.8) is 0 Å². The second-order valence-corrected chi connectivity index (χ2v) is 5.96. The van der Waals surface area contributed by atoms with Crippen LogP contribution >= 0.6 is 0 Å². The van der Waals surface area contributed by atoms with Crippen molar-refractivity contribution in [2.24, 2.45) is 0 Å². The average molecular weight is 290 g/mol. The molecule has 3 nitrogen and oxygen atoms in total. The van der Waals surface area contributed by atoms with Gasteiger partial charge in [-0.2, -0.15) is 0 Å². The lowest BCUT2D eigenvalue weighted by Crippen LogP contribution is -2.45. The number of hydrogen-bond acceptors (Lipinski definition) is 3. The molecule has 1 aliphatic rings. The second kappa shape index (κ2) is 8.50. The first kappa shape index (κ1) is 16.4. The monoisotopic (exact) mass is 290 g/mol. The van der Waals surface area contributed by atoms with Crippen LogP contribution in [-0.2, 0) is 11.2 Å². The molecule has 1 aliphatic carbocycles. The van der Waals surface area contributed by atoms with E-state index in [1.807, 2.05) is 6.20 Å². The summed E-state index contributed by atoms with van der Waals surface area (Å²) in [4.78, 5) is 4.68. The minimum atomic E-state index is 0.296. The van der Waals surface area contributed by atoms with Gasteiger partial charge in [-0.25, -0.2) is 0 Å². The Kier molecular flexibility index (Phi) is 6.65. The molecule has 3 heteroatoms. The summed E-state index contributed by atoms with van der Waals surface area (Å²) in [5.74, 6) is 0.496. The second-order valence-electron chi connectivity index (χ2n) is 5.96. The van der Waals surface area contributed by atoms with Gasteiger partial charge >= 0.3 is 0 Å². The van der Waals surface area contributed by atoms with Crippen molar-refractivity contribution in [2.75, 3.05) is 13.2 Å². The molecule has 0 fully saturated rings. The maximum absolute atomic E-state index is 6.08. The zero-order chi connectivity index (χ0) is 15.1. The van der Waals surface area contributed by atoms with Crippen molar-refractivity contribution < 1.29 is 4.74 Å². The van der Waals surface area contributed by atoms with Crippen molar-refractivity contribution in [2.45, 2.75) is 70.9 Å². The maximum Gasteiger partial charge on any atom is 0.0734 e. The number of hydrogen-bond donors (Lipinski definition) is 1. The molecule has 1 heterocycles. The van der Waals surface area contributed by atoms with Crippen LogP contribution in [0.2, 0.25) is 0 Å². The Morgan fingerprint density at radius 1 is 1.33 bits per heavy atom. The van der Waals surface area contributed by atoms with E-state index in [4.69, 9.17) is 4.74 Å². The first-order chi connectivity index (χ1) is 10.3. The standard InChI is InChI=1S/C18H30N2O/c1-4-8-16(21-6-3)18(19-12-5-2)15-11-10-14-9-7-13-20-17(14)15/h7,9,13,15-16,18-19H,4-6,8,10-12H2,1-3H3. The van der Waals surface area contributed by atoms with Crippen LogP contribution in [-0.4, -0.2) is 30.3 Å². The van der Waals surface area contributed by atoms with E-state index in [1.54, 1.807) is 0 Å². The third-order valence-corrected chi connectivity index (χ3v) is 4.42. The van der Waals surface area contributed by atoms with Crippen molar-refractivity contribution in [3.05, 3.63) is 29.6 Å². The third-order valence-electron chi connectivity index (χ3n) is 4.42. The Labute approximate surface area is 129 Å². The normalized spacial score (nSPS) is 20.2. The van der Waals surface area contributed by atoms with Gasteiger partial charge in [-0.15, -0.1) is 0 Å². The molecule has 118 valence electrons. The molecular formula is C18H30N2O. The number of nitrogens with one attached hydrogen (secondary N) is 1. The van der Waals surface area contributed by atoms with Gasteiger partial charge in [0.1, 0.15) is 0 Å². The van der Waals surface area contributed by atoms with Crippen LogP contribution in [0.1, 0.15) is 63.6 Å². The minimum absolute atomic E-state index is 0.296. The molecule has 0 saturated heterocycles. The lowest BCUT2D eigenvalue weighted by molar-refractivity contribution is 0.0204. The predicted molar refractivity (Wildman–Crippen MR) is 87.7 cm³/mol. The van der Waals surface area contributed by atoms with Gasteiger partial charge in [0.15, 0.2) is 0 Å². The molecule has 0 bridgehead atoms. The number of fused-ring (bicyclic) bond motifs is 1. The molecule has 1 aromatic rings. The van der Waals surface area contributed by atoms with Gasteiger partial charge in [-0.1, -0.05) is 26.3 Å². The predicted octanol–water partition coefficient (Wildman–Crippen LogP) is 3.68. The van der Waals surface area contributed by atoms with Crippen LogP contribution in [0, 0.1) is 0 Å². The Balaban J connectivity index is 2.19. The van der Waals surface area contributed by atoms with Gasteiger partial charge in [0.2, 0.25) is 0 Å². The van der Waals surface area contributed by atoms with Gasteiger partial charge in [-0.05, 0) is 50.8 Å². The van der Waals surface area contributed by atoms with Crippen LogP contribution in [0.3, 0.4) is 0 Å².